The molecule has 1 aromatic carbocycles. The third kappa shape index (κ3) is 3.90. The molecule has 3 aromatic rings. The molecule has 1 aliphatic carbocycles. The number of hydrogen-bond acceptors (Lipinski definition) is 6. The number of pyridine rings is 2. The fourth-order valence-corrected chi connectivity index (χ4v) is 4.18. The molecule has 0 spiro atoms. The number of fused-ring (bicyclic) bond motifs is 1. The molecule has 1 saturated carbocycles. The average molecular weight is 451 g/mol. The Morgan fingerprint density at radius 2 is 1.82 bits per heavy atom. The van der Waals surface area contributed by atoms with Crippen molar-refractivity contribution < 1.29 is 23.0 Å². The van der Waals surface area contributed by atoms with Crippen LogP contribution in [0.5, 0.6) is 11.5 Å². The van der Waals surface area contributed by atoms with Crippen LogP contribution in [0, 0.1) is 6.92 Å². The summed E-state index contributed by atoms with van der Waals surface area (Å²) in [6.45, 7) is 1.97. The fourth-order valence-electron chi connectivity index (χ4n) is 4.18. The van der Waals surface area contributed by atoms with Gasteiger partial charge in [0.25, 0.3) is 0 Å². The SMILES string of the molecule is Cc1ccc(CC(=O)C2(c3ccc4c(c3)OC(F)(F)O4)CC2)nc1-c1ccc(N(C)C)nc1. The van der Waals surface area contributed by atoms with Gasteiger partial charge in [-0.2, -0.15) is 0 Å². The van der Waals surface area contributed by atoms with Gasteiger partial charge in [0.15, 0.2) is 11.5 Å². The number of ketones is 1. The maximum absolute atomic E-state index is 13.4. The second kappa shape index (κ2) is 7.50. The van der Waals surface area contributed by atoms with Crippen LogP contribution in [0.4, 0.5) is 14.6 Å². The van der Waals surface area contributed by atoms with Gasteiger partial charge in [-0.15, -0.1) is 8.78 Å². The first-order chi connectivity index (χ1) is 15.7. The Hall–Kier alpha value is -3.55. The number of anilines is 1. The third-order valence-electron chi connectivity index (χ3n) is 6.21. The van der Waals surface area contributed by atoms with E-state index in [0.717, 1.165) is 22.6 Å². The number of halogens is 2. The zero-order valence-electron chi connectivity index (χ0n) is 18.6. The van der Waals surface area contributed by atoms with Crippen molar-refractivity contribution in [2.75, 3.05) is 19.0 Å². The first kappa shape index (κ1) is 21.3. The van der Waals surface area contributed by atoms with Gasteiger partial charge in [-0.25, -0.2) is 4.98 Å². The predicted molar refractivity (Wildman–Crippen MR) is 119 cm³/mol. The Morgan fingerprint density at radius 3 is 2.48 bits per heavy atom. The van der Waals surface area contributed by atoms with E-state index in [1.165, 1.54) is 12.1 Å². The summed E-state index contributed by atoms with van der Waals surface area (Å²) in [6, 6.07) is 12.3. The molecule has 0 amide bonds. The topological polar surface area (TPSA) is 64.6 Å². The molecule has 3 heterocycles. The van der Waals surface area contributed by atoms with E-state index in [0.29, 0.717) is 24.1 Å². The summed E-state index contributed by atoms with van der Waals surface area (Å²) in [5.41, 5.74) is 3.29. The number of nitrogens with zero attached hydrogens (tertiary/aromatic N) is 3. The molecule has 1 aliphatic heterocycles. The van der Waals surface area contributed by atoms with Gasteiger partial charge in [-0.05, 0) is 61.2 Å². The number of benzene rings is 1. The number of rotatable bonds is 6. The van der Waals surface area contributed by atoms with E-state index in [1.54, 1.807) is 12.3 Å². The van der Waals surface area contributed by atoms with E-state index in [-0.39, 0.29) is 23.7 Å². The van der Waals surface area contributed by atoms with Crippen LogP contribution in [0.3, 0.4) is 0 Å². The van der Waals surface area contributed by atoms with Crippen molar-refractivity contribution in [1.82, 2.24) is 9.97 Å². The molecule has 0 saturated heterocycles. The minimum atomic E-state index is -3.68. The summed E-state index contributed by atoms with van der Waals surface area (Å²) in [6.07, 6.45) is -0.418. The van der Waals surface area contributed by atoms with Crippen LogP contribution < -0.4 is 14.4 Å². The number of aromatic nitrogens is 2. The van der Waals surface area contributed by atoms with E-state index in [9.17, 15) is 13.6 Å². The number of Topliss-reactive ketones (excluding diaryl/α,β-unsaturated/α-hetero) is 1. The normalized spacial score (nSPS) is 17.0. The molecule has 6 nitrogen and oxygen atoms in total. The summed E-state index contributed by atoms with van der Waals surface area (Å²) >= 11 is 0. The number of hydrogen-bond donors (Lipinski definition) is 0. The molecule has 0 N–H and O–H groups in total. The van der Waals surface area contributed by atoms with Gasteiger partial charge in [-0.3, -0.25) is 9.78 Å². The maximum Gasteiger partial charge on any atom is 0.586 e. The van der Waals surface area contributed by atoms with Crippen LogP contribution in [-0.4, -0.2) is 36.1 Å². The number of ether oxygens (including phenoxy) is 2. The molecule has 0 unspecified atom stereocenters. The minimum Gasteiger partial charge on any atom is -0.395 e. The van der Waals surface area contributed by atoms with Crippen LogP contribution in [0.15, 0.2) is 48.7 Å². The largest absolute Gasteiger partial charge is 0.586 e. The van der Waals surface area contributed by atoms with Gasteiger partial charge in [0.2, 0.25) is 0 Å². The quantitative estimate of drug-likeness (QED) is 0.542. The lowest BCUT2D eigenvalue weighted by Gasteiger charge is -2.16. The first-order valence-electron chi connectivity index (χ1n) is 10.7. The number of carbonyl (C=O) groups is 1. The van der Waals surface area contributed by atoms with Crippen LogP contribution >= 0.6 is 0 Å². The lowest BCUT2D eigenvalue weighted by molar-refractivity contribution is -0.286. The first-order valence-corrected chi connectivity index (χ1v) is 10.7. The molecule has 0 bridgehead atoms. The molecule has 2 aliphatic rings. The van der Waals surface area contributed by atoms with E-state index in [1.807, 2.05) is 50.2 Å². The summed E-state index contributed by atoms with van der Waals surface area (Å²) in [5, 5.41) is 0. The Balaban J connectivity index is 1.38. The van der Waals surface area contributed by atoms with Crippen LogP contribution in [0.2, 0.25) is 0 Å². The van der Waals surface area contributed by atoms with Crippen molar-refractivity contribution in [3.05, 3.63) is 65.5 Å². The molecule has 0 atom stereocenters. The zero-order chi connectivity index (χ0) is 23.4. The summed E-state index contributed by atoms with van der Waals surface area (Å²) in [4.78, 5) is 24.4. The van der Waals surface area contributed by atoms with E-state index in [2.05, 4.69) is 14.5 Å². The van der Waals surface area contributed by atoms with Crippen molar-refractivity contribution in [1.29, 1.82) is 0 Å². The van der Waals surface area contributed by atoms with Crippen molar-refractivity contribution in [2.45, 2.75) is 37.9 Å². The van der Waals surface area contributed by atoms with Crippen LogP contribution in [0.25, 0.3) is 11.3 Å². The smallest absolute Gasteiger partial charge is 0.395 e. The van der Waals surface area contributed by atoms with Crippen molar-refractivity contribution in [3.63, 3.8) is 0 Å². The highest BCUT2D eigenvalue weighted by atomic mass is 19.3. The molecule has 8 heteroatoms. The van der Waals surface area contributed by atoms with Crippen LogP contribution in [0.1, 0.15) is 29.7 Å². The molecule has 2 aromatic heterocycles. The Bertz CT molecular complexity index is 1240. The second-order valence-electron chi connectivity index (χ2n) is 8.78. The summed E-state index contributed by atoms with van der Waals surface area (Å²) in [5.74, 6) is 0.795. The number of carbonyl (C=O) groups excluding carboxylic acids is 1. The van der Waals surface area contributed by atoms with Gasteiger partial charge in [0, 0.05) is 38.0 Å². The van der Waals surface area contributed by atoms with Crippen LogP contribution in [-0.2, 0) is 16.6 Å². The molecule has 1 fully saturated rings. The van der Waals surface area contributed by atoms with Gasteiger partial charge in [0.05, 0.1) is 11.1 Å². The molecular formula is C25H23F2N3O3. The van der Waals surface area contributed by atoms with Gasteiger partial charge < -0.3 is 14.4 Å². The standard InChI is InChI=1S/C25H23F2N3O3/c1-15-4-7-18(29-23(15)16-5-9-22(28-14-16)30(2)3)13-21(31)24(10-11-24)17-6-8-19-20(12-17)33-25(26,27)32-19/h4-9,12,14H,10-11,13H2,1-3H3. The van der Waals surface area contributed by atoms with Gasteiger partial charge in [-0.1, -0.05) is 12.1 Å². The molecule has 5 rings (SSSR count). The predicted octanol–water partition coefficient (Wildman–Crippen LogP) is 4.68. The van der Waals surface area contributed by atoms with E-state index >= 15 is 0 Å². The highest BCUT2D eigenvalue weighted by Gasteiger charge is 2.52. The Morgan fingerprint density at radius 1 is 1.06 bits per heavy atom. The lowest BCUT2D eigenvalue weighted by Crippen LogP contribution is -2.26. The fraction of sp³-hybridized carbons (Fsp3) is 0.320. The molecule has 0 radical (unpaired) electrons. The Kier molecular flexibility index (Phi) is 4.84. The molecule has 33 heavy (non-hydrogen) atoms. The maximum atomic E-state index is 13.4. The summed E-state index contributed by atoms with van der Waals surface area (Å²) < 4.78 is 35.8. The van der Waals surface area contributed by atoms with Gasteiger partial charge >= 0.3 is 6.29 Å². The molecule has 170 valence electrons. The highest BCUT2D eigenvalue weighted by molar-refractivity contribution is 5.94. The Labute approximate surface area is 190 Å². The number of aryl methyl sites for hydroxylation is 1. The van der Waals surface area contributed by atoms with Gasteiger partial charge in [0.1, 0.15) is 11.6 Å². The van der Waals surface area contributed by atoms with Crippen molar-refractivity contribution in [3.8, 4) is 22.8 Å². The highest BCUT2D eigenvalue weighted by Crippen LogP contribution is 2.52. The second-order valence-corrected chi connectivity index (χ2v) is 8.78. The van der Waals surface area contributed by atoms with Crippen molar-refractivity contribution >= 4 is 11.6 Å². The third-order valence-corrected chi connectivity index (χ3v) is 6.21. The van der Waals surface area contributed by atoms with E-state index in [4.69, 9.17) is 4.98 Å². The van der Waals surface area contributed by atoms with E-state index < -0.39 is 11.7 Å². The summed E-state index contributed by atoms with van der Waals surface area (Å²) in [7, 11) is 3.86. The number of alkyl halides is 2. The average Bonchev–Trinajstić information content (AvgIpc) is 3.52. The lowest BCUT2D eigenvalue weighted by atomic mass is 9.88. The monoisotopic (exact) mass is 451 g/mol. The zero-order valence-corrected chi connectivity index (χ0v) is 18.6. The minimum absolute atomic E-state index is 0.0107. The molecular weight excluding hydrogens is 428 g/mol. The van der Waals surface area contributed by atoms with Crippen molar-refractivity contribution in [2.24, 2.45) is 0 Å².